The number of benzene rings is 2. The van der Waals surface area contributed by atoms with E-state index in [1.165, 1.54) is 27.0 Å². The number of carbonyl (C=O) groups is 2. The first kappa shape index (κ1) is 23.4. The number of carbonyl (C=O) groups excluding carboxylic acids is 2. The van der Waals surface area contributed by atoms with E-state index in [9.17, 15) is 14.4 Å². The molecule has 2 atom stereocenters. The molecule has 34 heavy (non-hydrogen) atoms. The molecular weight excluding hydrogens is 440 g/mol. The molecule has 0 amide bonds. The summed E-state index contributed by atoms with van der Waals surface area (Å²) in [5.41, 5.74) is 0.0895. The van der Waals surface area contributed by atoms with Gasteiger partial charge in [0.05, 0.1) is 19.6 Å². The van der Waals surface area contributed by atoms with Gasteiger partial charge in [-0.2, -0.15) is 0 Å². The maximum absolute atomic E-state index is 13.2. The Morgan fingerprint density at radius 3 is 2.41 bits per heavy atom. The molecule has 0 fully saturated rings. The van der Waals surface area contributed by atoms with Crippen molar-refractivity contribution in [1.29, 1.82) is 0 Å². The third-order valence-electron chi connectivity index (χ3n) is 5.78. The monoisotopic (exact) mass is 466 g/mol. The van der Waals surface area contributed by atoms with Gasteiger partial charge in [-0.25, -0.2) is 0 Å². The number of esters is 2. The molecule has 8 heteroatoms. The summed E-state index contributed by atoms with van der Waals surface area (Å²) >= 11 is 0. The summed E-state index contributed by atoms with van der Waals surface area (Å²) in [6, 6.07) is 12.3. The third kappa shape index (κ3) is 4.23. The van der Waals surface area contributed by atoms with Crippen LogP contribution in [0.2, 0.25) is 0 Å². The van der Waals surface area contributed by atoms with E-state index in [4.69, 9.17) is 23.4 Å². The highest BCUT2D eigenvalue weighted by Crippen LogP contribution is 2.47. The molecule has 8 nitrogen and oxygen atoms in total. The van der Waals surface area contributed by atoms with Crippen LogP contribution in [-0.4, -0.2) is 37.4 Å². The molecule has 2 aromatic carbocycles. The van der Waals surface area contributed by atoms with Crippen LogP contribution >= 0.6 is 0 Å². The van der Waals surface area contributed by atoms with Gasteiger partial charge >= 0.3 is 11.9 Å². The quantitative estimate of drug-likeness (QED) is 0.498. The first-order chi connectivity index (χ1) is 16.1. The topological polar surface area (TPSA) is 101 Å². The fraction of sp³-hybridized carbons (Fsp3) is 0.346. The second-order valence-electron chi connectivity index (χ2n) is 8.68. The molecule has 3 aromatic rings. The Morgan fingerprint density at radius 2 is 1.79 bits per heavy atom. The first-order valence-corrected chi connectivity index (χ1v) is 10.9. The Kier molecular flexibility index (Phi) is 6.08. The van der Waals surface area contributed by atoms with Crippen molar-refractivity contribution in [2.45, 2.75) is 45.3 Å². The average molecular weight is 466 g/mol. The van der Waals surface area contributed by atoms with Gasteiger partial charge in [-0.15, -0.1) is 0 Å². The largest absolute Gasteiger partial charge is 0.496 e. The van der Waals surface area contributed by atoms with Crippen LogP contribution < -0.4 is 14.9 Å². The van der Waals surface area contributed by atoms with Gasteiger partial charge in [-0.1, -0.05) is 30.3 Å². The van der Waals surface area contributed by atoms with E-state index in [-0.39, 0.29) is 23.0 Å². The van der Waals surface area contributed by atoms with Crippen LogP contribution in [0.4, 0.5) is 0 Å². The number of hydrogen-bond donors (Lipinski definition) is 0. The highest BCUT2D eigenvalue weighted by Gasteiger charge is 2.47. The van der Waals surface area contributed by atoms with E-state index in [1.54, 1.807) is 19.9 Å². The summed E-state index contributed by atoms with van der Waals surface area (Å²) in [5, 5.41) is 0.253. The Bertz CT molecular complexity index is 1310. The van der Waals surface area contributed by atoms with E-state index in [2.05, 4.69) is 0 Å². The fourth-order valence-electron chi connectivity index (χ4n) is 4.49. The summed E-state index contributed by atoms with van der Waals surface area (Å²) in [4.78, 5) is 37.0. The minimum atomic E-state index is -1.18. The van der Waals surface area contributed by atoms with E-state index < -0.39 is 29.6 Å². The van der Waals surface area contributed by atoms with Gasteiger partial charge in [0, 0.05) is 37.1 Å². The lowest BCUT2D eigenvalue weighted by molar-refractivity contribution is -0.181. The molecule has 0 aliphatic carbocycles. The molecule has 1 aliphatic heterocycles. The van der Waals surface area contributed by atoms with Gasteiger partial charge < -0.3 is 23.4 Å². The molecule has 0 unspecified atom stereocenters. The first-order valence-electron chi connectivity index (χ1n) is 10.9. The lowest BCUT2D eigenvalue weighted by Crippen LogP contribution is -2.47. The van der Waals surface area contributed by atoms with Crippen molar-refractivity contribution in [3.05, 3.63) is 58.3 Å². The van der Waals surface area contributed by atoms with Gasteiger partial charge in [0.2, 0.25) is 0 Å². The Balaban J connectivity index is 1.97. The van der Waals surface area contributed by atoms with Crippen molar-refractivity contribution in [3.8, 4) is 22.8 Å². The molecule has 178 valence electrons. The number of methoxy groups -OCH3 is 1. The molecule has 0 N–H and O–H groups in total. The summed E-state index contributed by atoms with van der Waals surface area (Å²) < 4.78 is 28.9. The predicted octanol–water partition coefficient (Wildman–Crippen LogP) is 4.22. The molecule has 4 rings (SSSR count). The maximum Gasteiger partial charge on any atom is 0.303 e. The van der Waals surface area contributed by atoms with Crippen molar-refractivity contribution in [1.82, 2.24) is 0 Å². The molecule has 1 aliphatic rings. The van der Waals surface area contributed by atoms with Crippen molar-refractivity contribution in [3.63, 3.8) is 0 Å². The van der Waals surface area contributed by atoms with Crippen LogP contribution in [0.15, 0.2) is 51.7 Å². The maximum atomic E-state index is 13.2. The van der Waals surface area contributed by atoms with Crippen LogP contribution in [0.5, 0.6) is 11.5 Å². The third-order valence-corrected chi connectivity index (χ3v) is 5.78. The van der Waals surface area contributed by atoms with Crippen LogP contribution in [0.1, 0.15) is 39.2 Å². The lowest BCUT2D eigenvalue weighted by Gasteiger charge is -2.36. The number of ether oxygens (including phenoxy) is 4. The number of hydrogen-bond acceptors (Lipinski definition) is 8. The van der Waals surface area contributed by atoms with Crippen molar-refractivity contribution in [2.75, 3.05) is 13.7 Å². The zero-order valence-electron chi connectivity index (χ0n) is 19.7. The minimum Gasteiger partial charge on any atom is -0.496 e. The highest BCUT2D eigenvalue weighted by atomic mass is 16.6. The molecule has 0 bridgehead atoms. The Morgan fingerprint density at radius 1 is 1.09 bits per heavy atom. The minimum absolute atomic E-state index is 0.125. The van der Waals surface area contributed by atoms with E-state index in [0.717, 1.165) is 5.56 Å². The molecule has 0 saturated heterocycles. The zero-order chi connectivity index (χ0) is 24.6. The highest BCUT2D eigenvalue weighted by molar-refractivity contribution is 5.90. The number of rotatable bonds is 6. The molecule has 0 spiro atoms. The van der Waals surface area contributed by atoms with Gasteiger partial charge in [-0.3, -0.25) is 14.4 Å². The van der Waals surface area contributed by atoms with Gasteiger partial charge in [0.1, 0.15) is 33.8 Å². The molecule has 0 radical (unpaired) electrons. The fourth-order valence-corrected chi connectivity index (χ4v) is 4.49. The van der Waals surface area contributed by atoms with Crippen molar-refractivity contribution < 1.29 is 33.0 Å². The van der Waals surface area contributed by atoms with E-state index in [1.807, 2.05) is 30.3 Å². The average Bonchev–Trinajstić information content (AvgIpc) is 3.20. The normalized spacial score (nSPS) is 15.9. The second-order valence-corrected chi connectivity index (χ2v) is 8.68. The lowest BCUT2D eigenvalue weighted by atomic mass is 9.84. The standard InChI is InChI=1S/C26H26O8/c1-14(27)32-25(26(3,4)34-15(2)28)17-13-31-21-12-20(30-5)23-18(29)11-19(33-24(23)22(17)21)16-9-7-6-8-10-16/h6-12,17,25H,13H2,1-5H3/t17-,25-/m1/s1. The van der Waals surface area contributed by atoms with E-state index >= 15 is 0 Å². The van der Waals surface area contributed by atoms with Crippen LogP contribution in [0.25, 0.3) is 22.3 Å². The zero-order valence-corrected chi connectivity index (χ0v) is 19.7. The summed E-state index contributed by atoms with van der Waals surface area (Å²) in [7, 11) is 1.46. The van der Waals surface area contributed by atoms with Crippen molar-refractivity contribution >= 4 is 22.9 Å². The van der Waals surface area contributed by atoms with Gasteiger partial charge in [0.15, 0.2) is 11.5 Å². The van der Waals surface area contributed by atoms with Gasteiger partial charge in [0.25, 0.3) is 0 Å². The summed E-state index contributed by atoms with van der Waals surface area (Å²) in [5.74, 6) is -0.496. The smallest absolute Gasteiger partial charge is 0.303 e. The van der Waals surface area contributed by atoms with Gasteiger partial charge in [-0.05, 0) is 13.8 Å². The van der Waals surface area contributed by atoms with Crippen LogP contribution in [0.3, 0.4) is 0 Å². The molecular formula is C26H26O8. The Labute approximate surface area is 196 Å². The summed E-state index contributed by atoms with van der Waals surface area (Å²) in [6.07, 6.45) is -0.905. The molecule has 1 aromatic heterocycles. The molecule has 2 heterocycles. The van der Waals surface area contributed by atoms with Crippen molar-refractivity contribution in [2.24, 2.45) is 0 Å². The van der Waals surface area contributed by atoms with Crippen LogP contribution in [-0.2, 0) is 19.1 Å². The second kappa shape index (κ2) is 8.85. The SMILES string of the molecule is COc1cc2c(c3oc(-c4ccccc4)cc(=O)c13)[C@H]([C@@H](OC(C)=O)C(C)(C)OC(C)=O)CO2. The number of fused-ring (bicyclic) bond motifs is 3. The van der Waals surface area contributed by atoms with E-state index in [0.29, 0.717) is 22.8 Å². The molecule has 0 saturated carbocycles. The Hall–Kier alpha value is -3.81. The predicted molar refractivity (Wildman–Crippen MR) is 124 cm³/mol. The van der Waals surface area contributed by atoms with Crippen LogP contribution in [0, 0.1) is 0 Å². The summed E-state index contributed by atoms with van der Waals surface area (Å²) in [6.45, 7) is 6.03.